The Balaban J connectivity index is 2.27. The number of anilines is 1. The Morgan fingerprint density at radius 2 is 2.06 bits per heavy atom. The van der Waals surface area contributed by atoms with Gasteiger partial charge in [-0.15, -0.1) is 0 Å². The van der Waals surface area contributed by atoms with Crippen LogP contribution in [0.3, 0.4) is 0 Å². The third-order valence-corrected chi connectivity index (χ3v) is 3.22. The summed E-state index contributed by atoms with van der Waals surface area (Å²) in [6, 6.07) is 2.60. The van der Waals surface area contributed by atoms with Gasteiger partial charge in [0.2, 0.25) is 0 Å². The lowest BCUT2D eigenvalue weighted by atomic mass is 10.1. The van der Waals surface area contributed by atoms with Gasteiger partial charge in [-0.2, -0.15) is 0 Å². The lowest BCUT2D eigenvalue weighted by molar-refractivity contribution is 0.0380. The lowest BCUT2D eigenvalue weighted by Crippen LogP contribution is -2.43. The zero-order valence-corrected chi connectivity index (χ0v) is 10.5. The van der Waals surface area contributed by atoms with Gasteiger partial charge in [0, 0.05) is 19.6 Å². The van der Waals surface area contributed by atoms with Gasteiger partial charge in [-0.25, -0.2) is 8.78 Å². The summed E-state index contributed by atoms with van der Waals surface area (Å²) >= 11 is 0. The first-order valence-electron chi connectivity index (χ1n) is 6.20. The summed E-state index contributed by atoms with van der Waals surface area (Å²) in [5.41, 5.74) is 5.90. The third-order valence-electron chi connectivity index (χ3n) is 3.22. The van der Waals surface area contributed by atoms with Gasteiger partial charge in [0.1, 0.15) is 17.3 Å². The quantitative estimate of drug-likeness (QED) is 0.899. The summed E-state index contributed by atoms with van der Waals surface area (Å²) in [6.45, 7) is 3.65. The number of hydrogen-bond acceptors (Lipinski definition) is 3. The summed E-state index contributed by atoms with van der Waals surface area (Å²) in [5.74, 6) is -1.10. The van der Waals surface area contributed by atoms with Crippen LogP contribution in [0.15, 0.2) is 12.1 Å². The molecule has 1 aromatic carbocycles. The van der Waals surface area contributed by atoms with Crippen molar-refractivity contribution >= 4 is 5.69 Å². The van der Waals surface area contributed by atoms with E-state index in [0.29, 0.717) is 25.3 Å². The normalized spacial score (nSPS) is 20.2. The Labute approximate surface area is 106 Å². The van der Waals surface area contributed by atoms with Crippen LogP contribution in [0.5, 0.6) is 0 Å². The van der Waals surface area contributed by atoms with Gasteiger partial charge < -0.3 is 15.4 Å². The van der Waals surface area contributed by atoms with E-state index in [4.69, 9.17) is 10.5 Å². The molecule has 100 valence electrons. The highest BCUT2D eigenvalue weighted by Gasteiger charge is 2.24. The Morgan fingerprint density at radius 3 is 2.61 bits per heavy atom. The molecule has 0 radical (unpaired) electrons. The minimum absolute atomic E-state index is 0.0340. The first-order valence-corrected chi connectivity index (χ1v) is 6.20. The van der Waals surface area contributed by atoms with Crippen LogP contribution in [0.2, 0.25) is 0 Å². The maximum atomic E-state index is 13.9. The maximum absolute atomic E-state index is 13.9. The molecule has 0 bridgehead atoms. The smallest absolute Gasteiger partial charge is 0.149 e. The SMILES string of the molecule is CCC1CN(c2c(F)cc(CN)cc2F)CCO1. The van der Waals surface area contributed by atoms with Crippen molar-refractivity contribution in [3.8, 4) is 0 Å². The van der Waals surface area contributed by atoms with Crippen LogP contribution in [0, 0.1) is 11.6 Å². The summed E-state index contributed by atoms with van der Waals surface area (Å²) in [4.78, 5) is 1.71. The average Bonchev–Trinajstić information content (AvgIpc) is 2.38. The lowest BCUT2D eigenvalue weighted by Gasteiger charge is -2.34. The number of benzene rings is 1. The van der Waals surface area contributed by atoms with Crippen molar-refractivity contribution in [1.29, 1.82) is 0 Å². The molecule has 3 nitrogen and oxygen atoms in total. The van der Waals surface area contributed by atoms with Crippen LogP contribution >= 0.6 is 0 Å². The summed E-state index contributed by atoms with van der Waals surface area (Å²) in [7, 11) is 0. The van der Waals surface area contributed by atoms with Crippen molar-refractivity contribution in [2.45, 2.75) is 26.0 Å². The van der Waals surface area contributed by atoms with Gasteiger partial charge in [-0.1, -0.05) is 6.92 Å². The van der Waals surface area contributed by atoms with Crippen molar-refractivity contribution in [1.82, 2.24) is 0 Å². The molecule has 0 amide bonds. The standard InChI is InChI=1S/C13H18F2N2O/c1-2-10-8-17(3-4-18-10)13-11(14)5-9(7-16)6-12(13)15/h5-6,10H,2-4,7-8,16H2,1H3. The van der Waals surface area contributed by atoms with Crippen LogP contribution in [-0.4, -0.2) is 25.8 Å². The predicted molar refractivity (Wildman–Crippen MR) is 66.5 cm³/mol. The molecule has 0 spiro atoms. The Hall–Kier alpha value is -1.20. The molecular weight excluding hydrogens is 238 g/mol. The van der Waals surface area contributed by atoms with E-state index in [1.54, 1.807) is 4.90 Å². The topological polar surface area (TPSA) is 38.5 Å². The minimum atomic E-state index is -0.549. The Kier molecular flexibility index (Phi) is 4.14. The van der Waals surface area contributed by atoms with Crippen LogP contribution in [0.4, 0.5) is 14.5 Å². The van der Waals surface area contributed by atoms with Crippen LogP contribution in [0.1, 0.15) is 18.9 Å². The molecule has 1 unspecified atom stereocenters. The van der Waals surface area contributed by atoms with E-state index in [0.717, 1.165) is 6.42 Å². The van der Waals surface area contributed by atoms with Crippen LogP contribution in [-0.2, 0) is 11.3 Å². The maximum Gasteiger partial charge on any atom is 0.149 e. The van der Waals surface area contributed by atoms with Gasteiger partial charge in [-0.3, -0.25) is 0 Å². The van der Waals surface area contributed by atoms with Gasteiger partial charge >= 0.3 is 0 Å². The van der Waals surface area contributed by atoms with Crippen LogP contribution in [0.25, 0.3) is 0 Å². The number of nitrogens with two attached hydrogens (primary N) is 1. The van der Waals surface area contributed by atoms with E-state index < -0.39 is 11.6 Å². The Morgan fingerprint density at radius 1 is 1.39 bits per heavy atom. The number of rotatable bonds is 3. The minimum Gasteiger partial charge on any atom is -0.375 e. The largest absolute Gasteiger partial charge is 0.375 e. The second kappa shape index (κ2) is 5.63. The summed E-state index contributed by atoms with van der Waals surface area (Å²) in [5, 5.41) is 0. The highest BCUT2D eigenvalue weighted by atomic mass is 19.1. The fraction of sp³-hybridized carbons (Fsp3) is 0.538. The number of hydrogen-bond donors (Lipinski definition) is 1. The van der Waals surface area contributed by atoms with Gasteiger partial charge in [-0.05, 0) is 24.1 Å². The second-order valence-corrected chi connectivity index (χ2v) is 4.46. The summed E-state index contributed by atoms with van der Waals surface area (Å²) < 4.78 is 33.4. The molecule has 0 aliphatic carbocycles. The van der Waals surface area contributed by atoms with E-state index in [2.05, 4.69) is 0 Å². The molecule has 2 rings (SSSR count). The first kappa shape index (κ1) is 13.2. The zero-order valence-electron chi connectivity index (χ0n) is 10.5. The van der Waals surface area contributed by atoms with E-state index in [9.17, 15) is 8.78 Å². The number of morpholine rings is 1. The highest BCUT2D eigenvalue weighted by molar-refractivity contribution is 5.51. The van der Waals surface area contributed by atoms with Crippen molar-refractivity contribution in [2.75, 3.05) is 24.6 Å². The molecule has 1 fully saturated rings. The van der Waals surface area contributed by atoms with Gasteiger partial charge in [0.15, 0.2) is 0 Å². The number of ether oxygens (including phenoxy) is 1. The molecule has 0 saturated carbocycles. The zero-order chi connectivity index (χ0) is 13.1. The molecule has 1 aliphatic heterocycles. The van der Waals surface area contributed by atoms with Crippen LogP contribution < -0.4 is 10.6 Å². The van der Waals surface area contributed by atoms with Gasteiger partial charge in [0.05, 0.1) is 12.7 Å². The molecule has 1 aliphatic rings. The fourth-order valence-corrected chi connectivity index (χ4v) is 2.21. The molecule has 18 heavy (non-hydrogen) atoms. The number of nitrogens with zero attached hydrogens (tertiary/aromatic N) is 1. The molecule has 0 aromatic heterocycles. The molecule has 1 atom stereocenters. The highest BCUT2D eigenvalue weighted by Crippen LogP contribution is 2.27. The van der Waals surface area contributed by atoms with Crippen molar-refractivity contribution in [3.63, 3.8) is 0 Å². The second-order valence-electron chi connectivity index (χ2n) is 4.46. The monoisotopic (exact) mass is 256 g/mol. The fourth-order valence-electron chi connectivity index (χ4n) is 2.21. The molecule has 1 heterocycles. The molecule has 1 saturated heterocycles. The van der Waals surface area contributed by atoms with Crippen molar-refractivity contribution in [3.05, 3.63) is 29.3 Å². The Bertz CT molecular complexity index is 402. The summed E-state index contributed by atoms with van der Waals surface area (Å²) in [6.07, 6.45) is 0.868. The van der Waals surface area contributed by atoms with E-state index in [-0.39, 0.29) is 18.3 Å². The van der Waals surface area contributed by atoms with E-state index in [1.165, 1.54) is 12.1 Å². The first-order chi connectivity index (χ1) is 8.65. The van der Waals surface area contributed by atoms with Crippen molar-refractivity contribution < 1.29 is 13.5 Å². The van der Waals surface area contributed by atoms with E-state index >= 15 is 0 Å². The third kappa shape index (κ3) is 2.62. The van der Waals surface area contributed by atoms with Crippen molar-refractivity contribution in [2.24, 2.45) is 5.73 Å². The molecule has 5 heteroatoms. The molecular formula is C13H18F2N2O. The van der Waals surface area contributed by atoms with Gasteiger partial charge in [0.25, 0.3) is 0 Å². The molecule has 1 aromatic rings. The predicted octanol–water partition coefficient (Wildman–Crippen LogP) is 2.04. The number of halogens is 2. The average molecular weight is 256 g/mol. The van der Waals surface area contributed by atoms with E-state index in [1.807, 2.05) is 6.92 Å². The molecule has 2 N–H and O–H groups in total.